The van der Waals surface area contributed by atoms with Crippen molar-refractivity contribution in [1.29, 1.82) is 5.26 Å². The fraction of sp³-hybridized carbons (Fsp3) is 0.375. The molecular weight excluding hydrogens is 378 g/mol. The van der Waals surface area contributed by atoms with Crippen molar-refractivity contribution < 1.29 is 14.3 Å². The summed E-state index contributed by atoms with van der Waals surface area (Å²) < 4.78 is 5.58. The van der Waals surface area contributed by atoms with Crippen LogP contribution in [0.2, 0.25) is 0 Å². The first kappa shape index (κ1) is 20.0. The molecule has 2 saturated heterocycles. The fourth-order valence-corrected chi connectivity index (χ4v) is 4.07. The number of rotatable bonds is 3. The number of esters is 1. The van der Waals surface area contributed by atoms with Gasteiger partial charge in [0, 0.05) is 26.2 Å². The number of ether oxygens (including phenoxy) is 1. The van der Waals surface area contributed by atoms with Gasteiger partial charge in [-0.1, -0.05) is 24.3 Å². The van der Waals surface area contributed by atoms with Crippen molar-refractivity contribution in [3.05, 3.63) is 54.1 Å². The van der Waals surface area contributed by atoms with Crippen LogP contribution < -0.4 is 4.74 Å². The predicted molar refractivity (Wildman–Crippen MR) is 113 cm³/mol. The van der Waals surface area contributed by atoms with Crippen LogP contribution in [0.4, 0.5) is 4.79 Å². The summed E-state index contributed by atoms with van der Waals surface area (Å²) >= 11 is 0. The van der Waals surface area contributed by atoms with Crippen molar-refractivity contribution >= 4 is 12.0 Å². The van der Waals surface area contributed by atoms with E-state index in [0.717, 1.165) is 37.1 Å². The molecular formula is C24H25N3O3. The van der Waals surface area contributed by atoms with Crippen LogP contribution in [-0.2, 0) is 4.79 Å². The van der Waals surface area contributed by atoms with Gasteiger partial charge >= 0.3 is 12.0 Å². The highest BCUT2D eigenvalue weighted by Crippen LogP contribution is 2.25. The minimum absolute atomic E-state index is 0.109. The number of urea groups is 1. The van der Waals surface area contributed by atoms with Gasteiger partial charge in [0.05, 0.1) is 17.6 Å². The molecule has 2 aliphatic rings. The zero-order valence-corrected chi connectivity index (χ0v) is 16.9. The Morgan fingerprint density at radius 3 is 1.93 bits per heavy atom. The highest BCUT2D eigenvalue weighted by Gasteiger charge is 2.31. The van der Waals surface area contributed by atoms with Crippen LogP contribution in [0, 0.1) is 17.2 Å². The number of amides is 2. The minimum Gasteiger partial charge on any atom is -0.426 e. The topological polar surface area (TPSA) is 73.6 Å². The summed E-state index contributed by atoms with van der Waals surface area (Å²) in [5, 5.41) is 8.90. The predicted octanol–water partition coefficient (Wildman–Crippen LogP) is 4.06. The molecule has 2 aliphatic heterocycles. The van der Waals surface area contributed by atoms with Gasteiger partial charge in [0.25, 0.3) is 0 Å². The lowest BCUT2D eigenvalue weighted by atomic mass is 9.97. The Hall–Kier alpha value is -3.33. The molecule has 154 valence electrons. The standard InChI is InChI=1S/C24H25N3O3/c25-17-18-3-5-19(6-4-18)20-7-9-22(10-8-20)30-23(28)21-11-15-27(16-12-21)24(29)26-13-1-2-14-26/h3-10,21H,1-2,11-16H2. The molecule has 2 aromatic rings. The van der Waals surface area contributed by atoms with Crippen LogP contribution >= 0.6 is 0 Å². The number of likely N-dealkylation sites (tertiary alicyclic amines) is 2. The molecule has 0 radical (unpaired) electrons. The van der Waals surface area contributed by atoms with Crippen molar-refractivity contribution in [2.75, 3.05) is 26.2 Å². The highest BCUT2D eigenvalue weighted by atomic mass is 16.5. The Morgan fingerprint density at radius 1 is 0.833 bits per heavy atom. The quantitative estimate of drug-likeness (QED) is 0.572. The Balaban J connectivity index is 1.30. The van der Waals surface area contributed by atoms with Crippen molar-refractivity contribution in [2.45, 2.75) is 25.7 Å². The van der Waals surface area contributed by atoms with E-state index in [0.29, 0.717) is 37.2 Å². The number of nitriles is 1. The van der Waals surface area contributed by atoms with E-state index in [4.69, 9.17) is 10.00 Å². The molecule has 6 nitrogen and oxygen atoms in total. The molecule has 0 bridgehead atoms. The smallest absolute Gasteiger partial charge is 0.319 e. The van der Waals surface area contributed by atoms with Gasteiger partial charge in [-0.05, 0) is 61.1 Å². The van der Waals surface area contributed by atoms with Gasteiger partial charge in [-0.3, -0.25) is 4.79 Å². The molecule has 2 aromatic carbocycles. The molecule has 2 amide bonds. The van der Waals surface area contributed by atoms with Gasteiger partial charge in [0.2, 0.25) is 0 Å². The van der Waals surface area contributed by atoms with Crippen LogP contribution in [0.25, 0.3) is 11.1 Å². The summed E-state index contributed by atoms with van der Waals surface area (Å²) in [7, 11) is 0. The van der Waals surface area contributed by atoms with Crippen molar-refractivity contribution in [2.24, 2.45) is 5.92 Å². The van der Waals surface area contributed by atoms with Gasteiger partial charge in [-0.25, -0.2) is 4.79 Å². The normalized spacial score (nSPS) is 16.9. The number of nitrogens with zero attached hydrogens (tertiary/aromatic N) is 3. The zero-order valence-electron chi connectivity index (χ0n) is 16.9. The SMILES string of the molecule is N#Cc1ccc(-c2ccc(OC(=O)C3CCN(C(=O)N4CCCC4)CC3)cc2)cc1. The third-order valence-electron chi connectivity index (χ3n) is 5.90. The van der Waals surface area contributed by atoms with Crippen LogP contribution in [0.3, 0.4) is 0 Å². The van der Waals surface area contributed by atoms with Crippen LogP contribution in [-0.4, -0.2) is 48.0 Å². The molecule has 30 heavy (non-hydrogen) atoms. The fourth-order valence-electron chi connectivity index (χ4n) is 4.07. The monoisotopic (exact) mass is 403 g/mol. The zero-order chi connectivity index (χ0) is 20.9. The minimum atomic E-state index is -0.227. The average Bonchev–Trinajstić information content (AvgIpc) is 3.34. The van der Waals surface area contributed by atoms with E-state index >= 15 is 0 Å². The maximum Gasteiger partial charge on any atom is 0.319 e. The molecule has 0 aromatic heterocycles. The lowest BCUT2D eigenvalue weighted by Gasteiger charge is -2.33. The molecule has 0 atom stereocenters. The molecule has 0 saturated carbocycles. The van der Waals surface area contributed by atoms with Gasteiger partial charge in [-0.15, -0.1) is 0 Å². The second kappa shape index (κ2) is 9.00. The van der Waals surface area contributed by atoms with E-state index in [2.05, 4.69) is 6.07 Å². The third-order valence-corrected chi connectivity index (χ3v) is 5.90. The Kier molecular flexibility index (Phi) is 5.99. The lowest BCUT2D eigenvalue weighted by molar-refractivity contribution is -0.140. The van der Waals surface area contributed by atoms with Gasteiger partial charge in [-0.2, -0.15) is 5.26 Å². The Bertz CT molecular complexity index is 933. The molecule has 0 N–H and O–H groups in total. The number of benzene rings is 2. The number of carbonyl (C=O) groups excluding carboxylic acids is 2. The van der Waals surface area contributed by atoms with E-state index in [9.17, 15) is 9.59 Å². The summed E-state index contributed by atoms with van der Waals surface area (Å²) in [6.07, 6.45) is 3.44. The summed E-state index contributed by atoms with van der Waals surface area (Å²) in [6, 6.07) is 17.0. The lowest BCUT2D eigenvalue weighted by Crippen LogP contribution is -2.46. The molecule has 6 heteroatoms. The third kappa shape index (κ3) is 4.46. The van der Waals surface area contributed by atoms with Crippen molar-refractivity contribution in [3.8, 4) is 22.9 Å². The summed E-state index contributed by atoms with van der Waals surface area (Å²) in [6.45, 7) is 2.90. The van der Waals surface area contributed by atoms with Crippen molar-refractivity contribution in [3.63, 3.8) is 0 Å². The molecule has 0 spiro atoms. The molecule has 0 unspecified atom stereocenters. The van der Waals surface area contributed by atoms with Crippen LogP contribution in [0.5, 0.6) is 5.75 Å². The van der Waals surface area contributed by atoms with E-state index in [1.54, 1.807) is 24.3 Å². The Morgan fingerprint density at radius 2 is 1.37 bits per heavy atom. The molecule has 0 aliphatic carbocycles. The van der Waals surface area contributed by atoms with E-state index in [1.165, 1.54) is 0 Å². The molecule has 2 heterocycles. The second-order valence-electron chi connectivity index (χ2n) is 7.87. The summed E-state index contributed by atoms with van der Waals surface area (Å²) in [5.41, 5.74) is 2.62. The van der Waals surface area contributed by atoms with Gasteiger partial charge < -0.3 is 14.5 Å². The van der Waals surface area contributed by atoms with Gasteiger partial charge in [0.1, 0.15) is 5.75 Å². The van der Waals surface area contributed by atoms with E-state index < -0.39 is 0 Å². The maximum atomic E-state index is 12.6. The first-order chi connectivity index (χ1) is 14.6. The van der Waals surface area contributed by atoms with Gasteiger partial charge in [0.15, 0.2) is 0 Å². The number of hydrogen-bond acceptors (Lipinski definition) is 4. The van der Waals surface area contributed by atoms with E-state index in [1.807, 2.05) is 34.1 Å². The van der Waals surface area contributed by atoms with Crippen LogP contribution in [0.1, 0.15) is 31.2 Å². The highest BCUT2D eigenvalue weighted by molar-refractivity contribution is 5.77. The van der Waals surface area contributed by atoms with Crippen LogP contribution in [0.15, 0.2) is 48.5 Å². The Labute approximate surface area is 176 Å². The number of hydrogen-bond donors (Lipinski definition) is 0. The first-order valence-electron chi connectivity index (χ1n) is 10.5. The van der Waals surface area contributed by atoms with Crippen molar-refractivity contribution in [1.82, 2.24) is 9.80 Å². The average molecular weight is 403 g/mol. The van der Waals surface area contributed by atoms with E-state index in [-0.39, 0.29) is 17.9 Å². The summed E-state index contributed by atoms with van der Waals surface area (Å²) in [5.74, 6) is 0.119. The molecule has 2 fully saturated rings. The first-order valence-corrected chi connectivity index (χ1v) is 10.5. The molecule has 4 rings (SSSR count). The summed E-state index contributed by atoms with van der Waals surface area (Å²) in [4.78, 5) is 28.8. The second-order valence-corrected chi connectivity index (χ2v) is 7.87. The number of carbonyl (C=O) groups is 2. The maximum absolute atomic E-state index is 12.6. The largest absolute Gasteiger partial charge is 0.426 e. The number of piperidine rings is 1.